The van der Waals surface area contributed by atoms with Gasteiger partial charge in [-0.3, -0.25) is 4.79 Å². The number of para-hydroxylation sites is 1. The summed E-state index contributed by atoms with van der Waals surface area (Å²) in [5.74, 6) is 0.193. The van der Waals surface area contributed by atoms with Gasteiger partial charge in [0.25, 0.3) is 0 Å². The van der Waals surface area contributed by atoms with Gasteiger partial charge >= 0.3 is 0 Å². The summed E-state index contributed by atoms with van der Waals surface area (Å²) in [6, 6.07) is 8.77. The predicted molar refractivity (Wildman–Crippen MR) is 86.6 cm³/mol. The van der Waals surface area contributed by atoms with Crippen molar-refractivity contribution in [3.63, 3.8) is 0 Å². The third kappa shape index (κ3) is 3.22. The first-order chi connectivity index (χ1) is 10.3. The standard InChI is InChI=1S/C18H26N2O/c1-14(18(21)19-16-9-4-2-3-5-10-16)20-13-12-15-8-6-7-11-17(15)20/h6-8,11,14,16H,2-5,9-10,12-13H2,1H3,(H,19,21)/t14-/m0/s1. The van der Waals surface area contributed by atoms with Crippen LogP contribution in [0.5, 0.6) is 0 Å². The van der Waals surface area contributed by atoms with Crippen molar-refractivity contribution in [2.75, 3.05) is 11.4 Å². The van der Waals surface area contributed by atoms with E-state index in [4.69, 9.17) is 0 Å². The van der Waals surface area contributed by atoms with E-state index in [-0.39, 0.29) is 11.9 Å². The van der Waals surface area contributed by atoms with E-state index in [0.29, 0.717) is 6.04 Å². The second-order valence-corrected chi connectivity index (χ2v) is 6.45. The fourth-order valence-electron chi connectivity index (χ4n) is 3.65. The molecule has 1 heterocycles. The van der Waals surface area contributed by atoms with Crippen LogP contribution in [0.15, 0.2) is 24.3 Å². The summed E-state index contributed by atoms with van der Waals surface area (Å²) in [7, 11) is 0. The molecule has 1 aliphatic carbocycles. The summed E-state index contributed by atoms with van der Waals surface area (Å²) < 4.78 is 0. The third-order valence-electron chi connectivity index (χ3n) is 4.97. The summed E-state index contributed by atoms with van der Waals surface area (Å²) in [5, 5.41) is 3.29. The van der Waals surface area contributed by atoms with Gasteiger partial charge < -0.3 is 10.2 Å². The van der Waals surface area contributed by atoms with Gasteiger partial charge in [-0.05, 0) is 37.8 Å². The van der Waals surface area contributed by atoms with E-state index in [0.717, 1.165) is 25.8 Å². The van der Waals surface area contributed by atoms with E-state index in [1.165, 1.54) is 36.9 Å². The summed E-state index contributed by atoms with van der Waals surface area (Å²) in [5.41, 5.74) is 2.60. The van der Waals surface area contributed by atoms with Crippen LogP contribution in [0.1, 0.15) is 51.0 Å². The molecule has 1 aromatic carbocycles. The number of carbonyl (C=O) groups excluding carboxylic acids is 1. The van der Waals surface area contributed by atoms with Crippen LogP contribution in [0.3, 0.4) is 0 Å². The average molecular weight is 286 g/mol. The first kappa shape index (κ1) is 14.4. The van der Waals surface area contributed by atoms with Crippen molar-refractivity contribution >= 4 is 11.6 Å². The molecule has 3 nitrogen and oxygen atoms in total. The number of rotatable bonds is 3. The van der Waals surface area contributed by atoms with E-state index in [1.807, 2.05) is 6.92 Å². The Hall–Kier alpha value is -1.51. The summed E-state index contributed by atoms with van der Waals surface area (Å²) in [6.45, 7) is 2.99. The molecule has 1 saturated carbocycles. The van der Waals surface area contributed by atoms with Crippen molar-refractivity contribution in [2.45, 2.75) is 64.0 Å². The fourth-order valence-corrected chi connectivity index (χ4v) is 3.65. The van der Waals surface area contributed by atoms with Crippen molar-refractivity contribution in [3.8, 4) is 0 Å². The number of carbonyl (C=O) groups is 1. The van der Waals surface area contributed by atoms with Gasteiger partial charge in [0.1, 0.15) is 6.04 Å². The quantitative estimate of drug-likeness (QED) is 0.865. The minimum atomic E-state index is -0.0723. The van der Waals surface area contributed by atoms with Crippen LogP contribution < -0.4 is 10.2 Å². The van der Waals surface area contributed by atoms with Gasteiger partial charge in [0.15, 0.2) is 0 Å². The highest BCUT2D eigenvalue weighted by atomic mass is 16.2. The van der Waals surface area contributed by atoms with Gasteiger partial charge in [0, 0.05) is 18.3 Å². The molecular formula is C18H26N2O. The van der Waals surface area contributed by atoms with Crippen LogP contribution in [-0.4, -0.2) is 24.5 Å². The van der Waals surface area contributed by atoms with Crippen LogP contribution in [0.2, 0.25) is 0 Å². The minimum absolute atomic E-state index is 0.0723. The lowest BCUT2D eigenvalue weighted by atomic mass is 10.1. The molecular weight excluding hydrogens is 260 g/mol. The SMILES string of the molecule is C[C@@H](C(=O)NC1CCCCCC1)N1CCc2ccccc21. The van der Waals surface area contributed by atoms with E-state index < -0.39 is 0 Å². The first-order valence-corrected chi connectivity index (χ1v) is 8.40. The molecule has 1 atom stereocenters. The Kier molecular flexibility index (Phi) is 4.47. The summed E-state index contributed by atoms with van der Waals surface area (Å²) in [4.78, 5) is 14.8. The van der Waals surface area contributed by atoms with Crippen molar-refractivity contribution in [2.24, 2.45) is 0 Å². The van der Waals surface area contributed by atoms with Gasteiger partial charge in [-0.1, -0.05) is 43.9 Å². The molecule has 0 radical (unpaired) electrons. The zero-order chi connectivity index (χ0) is 14.7. The molecule has 1 aromatic rings. The number of hydrogen-bond acceptors (Lipinski definition) is 2. The summed E-state index contributed by atoms with van der Waals surface area (Å²) in [6.07, 6.45) is 8.50. The van der Waals surface area contributed by atoms with Crippen molar-refractivity contribution in [3.05, 3.63) is 29.8 Å². The first-order valence-electron chi connectivity index (χ1n) is 8.40. The molecule has 1 N–H and O–H groups in total. The molecule has 0 aromatic heterocycles. The molecule has 1 aliphatic heterocycles. The molecule has 21 heavy (non-hydrogen) atoms. The van der Waals surface area contributed by atoms with E-state index in [1.54, 1.807) is 0 Å². The Morgan fingerprint density at radius 2 is 1.90 bits per heavy atom. The lowest BCUT2D eigenvalue weighted by Crippen LogP contribution is -2.47. The van der Waals surface area contributed by atoms with Crippen molar-refractivity contribution in [1.82, 2.24) is 5.32 Å². The zero-order valence-corrected chi connectivity index (χ0v) is 13.0. The van der Waals surface area contributed by atoms with E-state index in [2.05, 4.69) is 34.5 Å². The maximum Gasteiger partial charge on any atom is 0.242 e. The molecule has 1 fully saturated rings. The Bertz CT molecular complexity index is 492. The lowest BCUT2D eigenvalue weighted by Gasteiger charge is -2.28. The number of anilines is 1. The Balaban J connectivity index is 1.62. The second kappa shape index (κ2) is 6.50. The Labute approximate surface area is 127 Å². The number of nitrogens with zero attached hydrogens (tertiary/aromatic N) is 1. The Morgan fingerprint density at radius 1 is 1.19 bits per heavy atom. The monoisotopic (exact) mass is 286 g/mol. The molecule has 2 aliphatic rings. The lowest BCUT2D eigenvalue weighted by molar-refractivity contribution is -0.122. The largest absolute Gasteiger partial charge is 0.359 e. The van der Waals surface area contributed by atoms with Gasteiger partial charge in [-0.2, -0.15) is 0 Å². The average Bonchev–Trinajstić information content (AvgIpc) is 2.76. The second-order valence-electron chi connectivity index (χ2n) is 6.45. The van der Waals surface area contributed by atoms with Crippen LogP contribution in [-0.2, 0) is 11.2 Å². The smallest absolute Gasteiger partial charge is 0.242 e. The highest BCUT2D eigenvalue weighted by Crippen LogP contribution is 2.29. The number of hydrogen-bond donors (Lipinski definition) is 1. The molecule has 1 amide bonds. The fraction of sp³-hybridized carbons (Fsp3) is 0.611. The van der Waals surface area contributed by atoms with Crippen molar-refractivity contribution in [1.29, 1.82) is 0 Å². The van der Waals surface area contributed by atoms with E-state index >= 15 is 0 Å². The van der Waals surface area contributed by atoms with Crippen LogP contribution in [0.4, 0.5) is 5.69 Å². The third-order valence-corrected chi connectivity index (χ3v) is 4.97. The normalized spacial score (nSPS) is 20.7. The highest BCUT2D eigenvalue weighted by molar-refractivity contribution is 5.86. The van der Waals surface area contributed by atoms with Crippen LogP contribution >= 0.6 is 0 Å². The molecule has 0 spiro atoms. The maximum absolute atomic E-state index is 12.6. The number of nitrogens with one attached hydrogen (secondary N) is 1. The van der Waals surface area contributed by atoms with Crippen molar-refractivity contribution < 1.29 is 4.79 Å². The number of benzene rings is 1. The molecule has 3 heteroatoms. The molecule has 0 saturated heterocycles. The molecule has 0 unspecified atom stereocenters. The summed E-state index contributed by atoms with van der Waals surface area (Å²) >= 11 is 0. The number of amides is 1. The predicted octanol–water partition coefficient (Wildman–Crippen LogP) is 3.28. The molecule has 3 rings (SSSR count). The Morgan fingerprint density at radius 3 is 2.67 bits per heavy atom. The van der Waals surface area contributed by atoms with Gasteiger partial charge in [0.2, 0.25) is 5.91 Å². The van der Waals surface area contributed by atoms with E-state index in [9.17, 15) is 4.79 Å². The van der Waals surface area contributed by atoms with Crippen LogP contribution in [0, 0.1) is 0 Å². The zero-order valence-electron chi connectivity index (χ0n) is 13.0. The van der Waals surface area contributed by atoms with Crippen LogP contribution in [0.25, 0.3) is 0 Å². The van der Waals surface area contributed by atoms with Gasteiger partial charge in [-0.25, -0.2) is 0 Å². The minimum Gasteiger partial charge on any atom is -0.359 e. The highest BCUT2D eigenvalue weighted by Gasteiger charge is 2.28. The number of fused-ring (bicyclic) bond motifs is 1. The molecule has 114 valence electrons. The van der Waals surface area contributed by atoms with Gasteiger partial charge in [0.05, 0.1) is 0 Å². The topological polar surface area (TPSA) is 32.3 Å². The van der Waals surface area contributed by atoms with Gasteiger partial charge in [-0.15, -0.1) is 0 Å². The maximum atomic E-state index is 12.6. The molecule has 0 bridgehead atoms.